The number of rotatable bonds is 12. The van der Waals surface area contributed by atoms with Crippen LogP contribution < -0.4 is 5.32 Å². The van der Waals surface area contributed by atoms with Crippen LogP contribution in [0.25, 0.3) is 0 Å². The van der Waals surface area contributed by atoms with Crippen molar-refractivity contribution in [3.05, 3.63) is 35.4 Å². The fourth-order valence-electron chi connectivity index (χ4n) is 2.41. The van der Waals surface area contributed by atoms with E-state index in [0.717, 1.165) is 25.7 Å². The zero-order chi connectivity index (χ0) is 18.3. The molecule has 0 radical (unpaired) electrons. The van der Waals surface area contributed by atoms with Gasteiger partial charge in [-0.1, -0.05) is 37.6 Å². The lowest BCUT2D eigenvalue weighted by Gasteiger charge is -2.21. The van der Waals surface area contributed by atoms with Gasteiger partial charge in [-0.05, 0) is 31.4 Å². The van der Waals surface area contributed by atoms with Gasteiger partial charge >= 0.3 is 0 Å². The van der Waals surface area contributed by atoms with E-state index in [1.807, 2.05) is 6.92 Å². The van der Waals surface area contributed by atoms with Gasteiger partial charge in [0.15, 0.2) is 5.96 Å². The monoisotopic (exact) mass is 477 g/mol. The smallest absolute Gasteiger partial charge is 0.193 e. The molecule has 0 unspecified atom stereocenters. The van der Waals surface area contributed by atoms with Gasteiger partial charge in [0, 0.05) is 26.7 Å². The Morgan fingerprint density at radius 2 is 1.85 bits per heavy atom. The number of hydrogen-bond acceptors (Lipinski definition) is 3. The third kappa shape index (κ3) is 11.0. The summed E-state index contributed by atoms with van der Waals surface area (Å²) in [5, 5.41) is 3.37. The maximum atomic E-state index is 5.64. The minimum atomic E-state index is 0. The van der Waals surface area contributed by atoms with Crippen molar-refractivity contribution in [2.45, 2.75) is 46.8 Å². The summed E-state index contributed by atoms with van der Waals surface area (Å²) < 4.78 is 10.9. The first-order valence-corrected chi connectivity index (χ1v) is 9.43. The predicted molar refractivity (Wildman–Crippen MR) is 120 cm³/mol. The van der Waals surface area contributed by atoms with Crippen LogP contribution in [0.3, 0.4) is 0 Å². The number of guanidine groups is 1. The second-order valence-corrected chi connectivity index (χ2v) is 6.01. The SMILES string of the molecule is CCCCN(C)C(=NCc1cccc(COCCOCC)c1)NCC.I. The largest absolute Gasteiger partial charge is 0.379 e. The molecule has 150 valence electrons. The molecule has 1 N–H and O–H groups in total. The average Bonchev–Trinajstić information content (AvgIpc) is 2.63. The Bertz CT molecular complexity index is 498. The number of nitrogens with zero attached hydrogens (tertiary/aromatic N) is 2. The summed E-state index contributed by atoms with van der Waals surface area (Å²) in [5.74, 6) is 0.967. The molecule has 0 aliphatic carbocycles. The Labute approximate surface area is 176 Å². The van der Waals surface area contributed by atoms with Crippen molar-refractivity contribution in [3.8, 4) is 0 Å². The Kier molecular flexibility index (Phi) is 15.8. The van der Waals surface area contributed by atoms with Gasteiger partial charge in [0.05, 0.1) is 26.4 Å². The lowest BCUT2D eigenvalue weighted by molar-refractivity contribution is 0.0453. The Hall–Kier alpha value is -0.860. The second kappa shape index (κ2) is 16.3. The molecule has 0 fully saturated rings. The number of hydrogen-bond donors (Lipinski definition) is 1. The van der Waals surface area contributed by atoms with Crippen LogP contribution in [0.4, 0.5) is 0 Å². The van der Waals surface area contributed by atoms with Crippen LogP contribution >= 0.6 is 24.0 Å². The van der Waals surface area contributed by atoms with Crippen molar-refractivity contribution in [1.82, 2.24) is 10.2 Å². The van der Waals surface area contributed by atoms with Gasteiger partial charge in [0.25, 0.3) is 0 Å². The third-order valence-electron chi connectivity index (χ3n) is 3.79. The van der Waals surface area contributed by atoms with E-state index in [1.54, 1.807) is 0 Å². The van der Waals surface area contributed by atoms with E-state index in [2.05, 4.69) is 55.4 Å². The van der Waals surface area contributed by atoms with Crippen LogP contribution in [0.15, 0.2) is 29.3 Å². The highest BCUT2D eigenvalue weighted by Gasteiger charge is 2.05. The van der Waals surface area contributed by atoms with Crippen molar-refractivity contribution in [2.75, 3.05) is 40.0 Å². The molecule has 0 spiro atoms. The molecule has 0 aliphatic rings. The number of unbranched alkanes of at least 4 members (excludes halogenated alkanes) is 1. The summed E-state index contributed by atoms with van der Waals surface area (Å²) in [4.78, 5) is 6.97. The quantitative estimate of drug-likeness (QED) is 0.214. The van der Waals surface area contributed by atoms with Crippen molar-refractivity contribution in [1.29, 1.82) is 0 Å². The number of benzene rings is 1. The molecular weight excluding hydrogens is 441 g/mol. The van der Waals surface area contributed by atoms with E-state index in [1.165, 1.54) is 24.0 Å². The average molecular weight is 477 g/mol. The molecule has 0 atom stereocenters. The molecule has 0 aliphatic heterocycles. The van der Waals surface area contributed by atoms with Crippen molar-refractivity contribution >= 4 is 29.9 Å². The molecule has 0 amide bonds. The summed E-state index contributed by atoms with van der Waals surface area (Å²) in [5.41, 5.74) is 2.37. The summed E-state index contributed by atoms with van der Waals surface area (Å²) in [6.45, 7) is 11.5. The molecule has 0 bridgehead atoms. The highest BCUT2D eigenvalue weighted by Crippen LogP contribution is 2.08. The van der Waals surface area contributed by atoms with Gasteiger partial charge in [-0.15, -0.1) is 24.0 Å². The maximum Gasteiger partial charge on any atom is 0.193 e. The first-order valence-electron chi connectivity index (χ1n) is 9.43. The summed E-state index contributed by atoms with van der Waals surface area (Å²) in [7, 11) is 2.10. The molecule has 5 nitrogen and oxygen atoms in total. The standard InChI is InChI=1S/C20H35N3O2.HI/c1-5-8-12-23(4)20(21-6-2)22-16-18-10-9-11-19(15-18)17-25-14-13-24-7-3;/h9-11,15H,5-8,12-14,16-17H2,1-4H3,(H,21,22);1H. The zero-order valence-electron chi connectivity index (χ0n) is 16.8. The number of ether oxygens (including phenoxy) is 2. The van der Waals surface area contributed by atoms with E-state index >= 15 is 0 Å². The lowest BCUT2D eigenvalue weighted by Crippen LogP contribution is -2.39. The zero-order valence-corrected chi connectivity index (χ0v) is 19.1. The molecule has 1 rings (SSSR count). The minimum absolute atomic E-state index is 0. The van der Waals surface area contributed by atoms with Crippen LogP contribution in [0.5, 0.6) is 0 Å². The molecule has 6 heteroatoms. The van der Waals surface area contributed by atoms with Crippen molar-refractivity contribution in [3.63, 3.8) is 0 Å². The van der Waals surface area contributed by atoms with Crippen LogP contribution in [0, 0.1) is 0 Å². The molecule has 0 aromatic heterocycles. The normalized spacial score (nSPS) is 11.2. The van der Waals surface area contributed by atoms with Gasteiger partial charge in [0.1, 0.15) is 0 Å². The Balaban J connectivity index is 0.00000625. The van der Waals surface area contributed by atoms with Gasteiger partial charge < -0.3 is 19.7 Å². The summed E-state index contributed by atoms with van der Waals surface area (Å²) in [6, 6.07) is 8.44. The highest BCUT2D eigenvalue weighted by molar-refractivity contribution is 14.0. The number of halogens is 1. The molecular formula is C20H36IN3O2. The second-order valence-electron chi connectivity index (χ2n) is 6.01. The lowest BCUT2D eigenvalue weighted by atomic mass is 10.1. The van der Waals surface area contributed by atoms with Gasteiger partial charge in [0.2, 0.25) is 0 Å². The highest BCUT2D eigenvalue weighted by atomic mass is 127. The van der Waals surface area contributed by atoms with Crippen LogP contribution in [-0.2, 0) is 22.6 Å². The Morgan fingerprint density at radius 1 is 1.12 bits per heavy atom. The number of aliphatic imine (C=N–C) groups is 1. The fraction of sp³-hybridized carbons (Fsp3) is 0.650. The molecule has 0 heterocycles. The van der Waals surface area contributed by atoms with E-state index in [-0.39, 0.29) is 24.0 Å². The maximum absolute atomic E-state index is 5.64. The van der Waals surface area contributed by atoms with Gasteiger partial charge in [-0.2, -0.15) is 0 Å². The topological polar surface area (TPSA) is 46.1 Å². The molecule has 0 saturated carbocycles. The van der Waals surface area contributed by atoms with Crippen molar-refractivity contribution in [2.24, 2.45) is 4.99 Å². The van der Waals surface area contributed by atoms with E-state index < -0.39 is 0 Å². The van der Waals surface area contributed by atoms with E-state index in [9.17, 15) is 0 Å². The van der Waals surface area contributed by atoms with Gasteiger partial charge in [-0.3, -0.25) is 0 Å². The fourth-order valence-corrected chi connectivity index (χ4v) is 2.41. The molecule has 1 aromatic carbocycles. The summed E-state index contributed by atoms with van der Waals surface area (Å²) >= 11 is 0. The third-order valence-corrected chi connectivity index (χ3v) is 3.79. The van der Waals surface area contributed by atoms with Crippen LogP contribution in [0.1, 0.15) is 44.7 Å². The molecule has 0 saturated heterocycles. The van der Waals surface area contributed by atoms with Crippen molar-refractivity contribution < 1.29 is 9.47 Å². The minimum Gasteiger partial charge on any atom is -0.379 e. The first-order chi connectivity index (χ1) is 12.2. The van der Waals surface area contributed by atoms with Crippen LogP contribution in [0.2, 0.25) is 0 Å². The Morgan fingerprint density at radius 3 is 2.54 bits per heavy atom. The first kappa shape index (κ1) is 25.1. The molecule has 26 heavy (non-hydrogen) atoms. The van der Waals surface area contributed by atoms with E-state index in [0.29, 0.717) is 26.4 Å². The van der Waals surface area contributed by atoms with Gasteiger partial charge in [-0.25, -0.2) is 4.99 Å². The molecule has 1 aromatic rings. The van der Waals surface area contributed by atoms with E-state index in [4.69, 9.17) is 14.5 Å². The number of nitrogens with one attached hydrogen (secondary N) is 1. The predicted octanol–water partition coefficient (Wildman–Crippen LogP) is 4.06. The van der Waals surface area contributed by atoms with Crippen LogP contribution in [-0.4, -0.2) is 50.8 Å². The summed E-state index contributed by atoms with van der Waals surface area (Å²) in [6.07, 6.45) is 2.37.